The standard InChI is InChI=1S/C19H38N4O2/c1-15-9-7-8-10-16(15)22-18(20-13-17(24)23(4)5)21-14-19(2,3)11-12-25-6/h15-16H,7-14H2,1-6H3,(H2,20,21,22). The summed E-state index contributed by atoms with van der Waals surface area (Å²) in [6.45, 7) is 8.42. The van der Waals surface area contributed by atoms with E-state index in [1.165, 1.54) is 19.3 Å². The maximum absolute atomic E-state index is 11.9. The Kier molecular flexibility index (Phi) is 9.25. The molecule has 1 aliphatic rings. The molecule has 6 nitrogen and oxygen atoms in total. The minimum absolute atomic E-state index is 0.0106. The topological polar surface area (TPSA) is 66.0 Å². The molecular formula is C19H38N4O2. The van der Waals surface area contributed by atoms with E-state index < -0.39 is 0 Å². The van der Waals surface area contributed by atoms with E-state index in [-0.39, 0.29) is 17.9 Å². The Labute approximate surface area is 153 Å². The highest BCUT2D eigenvalue weighted by molar-refractivity contribution is 5.85. The van der Waals surface area contributed by atoms with Crippen molar-refractivity contribution in [2.24, 2.45) is 16.3 Å². The number of hydrogen-bond acceptors (Lipinski definition) is 3. The van der Waals surface area contributed by atoms with E-state index in [1.807, 2.05) is 0 Å². The quantitative estimate of drug-likeness (QED) is 0.518. The summed E-state index contributed by atoms with van der Waals surface area (Å²) >= 11 is 0. The van der Waals surface area contributed by atoms with Crippen LogP contribution in [0.5, 0.6) is 0 Å². The van der Waals surface area contributed by atoms with Crippen LogP contribution in [-0.2, 0) is 9.53 Å². The lowest BCUT2D eigenvalue weighted by molar-refractivity contribution is -0.127. The van der Waals surface area contributed by atoms with E-state index in [2.05, 4.69) is 36.4 Å². The molecule has 0 spiro atoms. The van der Waals surface area contributed by atoms with E-state index in [4.69, 9.17) is 4.74 Å². The fraction of sp³-hybridized carbons (Fsp3) is 0.895. The summed E-state index contributed by atoms with van der Waals surface area (Å²) in [5.74, 6) is 1.39. The molecule has 1 fully saturated rings. The third-order valence-electron chi connectivity index (χ3n) is 5.02. The lowest BCUT2D eigenvalue weighted by Crippen LogP contribution is -2.49. The van der Waals surface area contributed by atoms with Crippen LogP contribution in [0.25, 0.3) is 0 Å². The van der Waals surface area contributed by atoms with Crippen LogP contribution in [0.3, 0.4) is 0 Å². The Morgan fingerprint density at radius 2 is 1.96 bits per heavy atom. The summed E-state index contributed by atoms with van der Waals surface area (Å²) in [5, 5.41) is 7.01. The molecule has 146 valence electrons. The van der Waals surface area contributed by atoms with Crippen LogP contribution in [0.1, 0.15) is 52.9 Å². The molecule has 0 aliphatic heterocycles. The van der Waals surface area contributed by atoms with E-state index in [0.29, 0.717) is 12.0 Å². The molecule has 6 heteroatoms. The van der Waals surface area contributed by atoms with Crippen molar-refractivity contribution >= 4 is 11.9 Å². The lowest BCUT2D eigenvalue weighted by Gasteiger charge is -2.32. The number of rotatable bonds is 8. The van der Waals surface area contributed by atoms with Gasteiger partial charge in [0, 0.05) is 40.4 Å². The van der Waals surface area contributed by atoms with Gasteiger partial charge in [0.1, 0.15) is 6.54 Å². The van der Waals surface area contributed by atoms with Gasteiger partial charge in [-0.2, -0.15) is 0 Å². The van der Waals surface area contributed by atoms with Crippen molar-refractivity contribution in [3.8, 4) is 0 Å². The molecule has 0 aromatic heterocycles. The highest BCUT2D eigenvalue weighted by Gasteiger charge is 2.23. The second-order valence-electron chi connectivity index (χ2n) is 8.23. The maximum atomic E-state index is 11.9. The van der Waals surface area contributed by atoms with Crippen molar-refractivity contribution in [2.75, 3.05) is 40.9 Å². The highest BCUT2D eigenvalue weighted by atomic mass is 16.5. The van der Waals surface area contributed by atoms with Crippen LogP contribution in [0.2, 0.25) is 0 Å². The molecule has 0 heterocycles. The third-order valence-corrected chi connectivity index (χ3v) is 5.02. The van der Waals surface area contributed by atoms with Gasteiger partial charge in [-0.1, -0.05) is 33.6 Å². The van der Waals surface area contributed by atoms with Gasteiger partial charge in [-0.15, -0.1) is 0 Å². The van der Waals surface area contributed by atoms with Crippen LogP contribution in [0, 0.1) is 11.3 Å². The Balaban J connectivity index is 2.69. The van der Waals surface area contributed by atoms with Crippen molar-refractivity contribution < 1.29 is 9.53 Å². The Hall–Kier alpha value is -1.30. The third kappa shape index (κ3) is 8.56. The number of carbonyl (C=O) groups excluding carboxylic acids is 1. The summed E-state index contributed by atoms with van der Waals surface area (Å²) in [6.07, 6.45) is 5.95. The van der Waals surface area contributed by atoms with Crippen molar-refractivity contribution in [1.82, 2.24) is 15.5 Å². The normalized spacial score (nSPS) is 21.8. The van der Waals surface area contributed by atoms with Gasteiger partial charge in [-0.25, -0.2) is 4.99 Å². The second-order valence-corrected chi connectivity index (χ2v) is 8.23. The number of likely N-dealkylation sites (N-methyl/N-ethyl adjacent to an activating group) is 1. The van der Waals surface area contributed by atoms with Gasteiger partial charge < -0.3 is 20.3 Å². The van der Waals surface area contributed by atoms with E-state index in [9.17, 15) is 4.79 Å². The van der Waals surface area contributed by atoms with E-state index >= 15 is 0 Å². The number of guanidine groups is 1. The highest BCUT2D eigenvalue weighted by Crippen LogP contribution is 2.24. The molecule has 0 aromatic rings. The van der Waals surface area contributed by atoms with Gasteiger partial charge in [0.15, 0.2) is 5.96 Å². The zero-order chi connectivity index (χ0) is 18.9. The van der Waals surface area contributed by atoms with E-state index in [0.717, 1.165) is 32.0 Å². The predicted molar refractivity (Wildman–Crippen MR) is 104 cm³/mol. The second kappa shape index (κ2) is 10.6. The molecule has 1 amide bonds. The average molecular weight is 355 g/mol. The summed E-state index contributed by atoms with van der Waals surface area (Å²) < 4.78 is 5.20. The zero-order valence-electron chi connectivity index (χ0n) is 17.0. The summed E-state index contributed by atoms with van der Waals surface area (Å²) in [6, 6.07) is 0.427. The van der Waals surface area contributed by atoms with Crippen LogP contribution < -0.4 is 10.6 Å². The number of nitrogens with one attached hydrogen (secondary N) is 2. The van der Waals surface area contributed by atoms with E-state index in [1.54, 1.807) is 26.1 Å². The molecule has 2 N–H and O–H groups in total. The van der Waals surface area contributed by atoms with Gasteiger partial charge in [-0.05, 0) is 30.6 Å². The Bertz CT molecular complexity index is 435. The molecular weight excluding hydrogens is 316 g/mol. The molecule has 1 saturated carbocycles. The number of nitrogens with zero attached hydrogens (tertiary/aromatic N) is 2. The maximum Gasteiger partial charge on any atom is 0.243 e. The minimum Gasteiger partial charge on any atom is -0.385 e. The summed E-state index contributed by atoms with van der Waals surface area (Å²) in [4.78, 5) is 18.0. The largest absolute Gasteiger partial charge is 0.385 e. The SMILES string of the molecule is COCCC(C)(C)CNC(=NCC(=O)N(C)C)NC1CCCCC1C. The first-order chi connectivity index (χ1) is 11.7. The van der Waals surface area contributed by atoms with Gasteiger partial charge in [0.05, 0.1) is 0 Å². The molecule has 2 atom stereocenters. The van der Waals surface area contributed by atoms with Gasteiger partial charge in [0.2, 0.25) is 5.91 Å². The van der Waals surface area contributed by atoms with Crippen LogP contribution in [-0.4, -0.2) is 63.7 Å². The number of methoxy groups -OCH3 is 1. The summed E-state index contributed by atoms with van der Waals surface area (Å²) in [5.41, 5.74) is 0.0994. The van der Waals surface area contributed by atoms with Crippen LogP contribution >= 0.6 is 0 Å². The first-order valence-electron chi connectivity index (χ1n) is 9.49. The number of carbonyl (C=O) groups is 1. The van der Waals surface area contributed by atoms with Crippen molar-refractivity contribution in [1.29, 1.82) is 0 Å². The lowest BCUT2D eigenvalue weighted by atomic mass is 9.86. The number of ether oxygens (including phenoxy) is 1. The first kappa shape index (κ1) is 21.7. The van der Waals surface area contributed by atoms with Crippen LogP contribution in [0.15, 0.2) is 4.99 Å². The predicted octanol–water partition coefficient (Wildman–Crippen LogP) is 2.25. The minimum atomic E-state index is 0.0106. The Morgan fingerprint density at radius 1 is 1.28 bits per heavy atom. The fourth-order valence-corrected chi connectivity index (χ4v) is 2.94. The van der Waals surface area contributed by atoms with Crippen molar-refractivity contribution in [3.63, 3.8) is 0 Å². The zero-order valence-corrected chi connectivity index (χ0v) is 17.0. The Morgan fingerprint density at radius 3 is 2.56 bits per heavy atom. The average Bonchev–Trinajstić information content (AvgIpc) is 2.56. The molecule has 0 bridgehead atoms. The molecule has 2 unspecified atom stereocenters. The summed E-state index contributed by atoms with van der Waals surface area (Å²) in [7, 11) is 5.25. The smallest absolute Gasteiger partial charge is 0.243 e. The van der Waals surface area contributed by atoms with Gasteiger partial charge in [0.25, 0.3) is 0 Å². The molecule has 0 saturated heterocycles. The molecule has 0 radical (unpaired) electrons. The number of aliphatic imine (C=N–C) groups is 1. The van der Waals surface area contributed by atoms with Gasteiger partial charge in [-0.3, -0.25) is 4.79 Å². The molecule has 1 aliphatic carbocycles. The van der Waals surface area contributed by atoms with Crippen LogP contribution in [0.4, 0.5) is 0 Å². The van der Waals surface area contributed by atoms with Crippen molar-refractivity contribution in [2.45, 2.75) is 58.9 Å². The number of amides is 1. The van der Waals surface area contributed by atoms with Crippen molar-refractivity contribution in [3.05, 3.63) is 0 Å². The number of hydrogen-bond donors (Lipinski definition) is 2. The first-order valence-corrected chi connectivity index (χ1v) is 9.49. The fourth-order valence-electron chi connectivity index (χ4n) is 2.94. The molecule has 1 rings (SSSR count). The molecule has 25 heavy (non-hydrogen) atoms. The molecule has 0 aromatic carbocycles. The van der Waals surface area contributed by atoms with Gasteiger partial charge >= 0.3 is 0 Å². The monoisotopic (exact) mass is 354 g/mol.